The predicted octanol–water partition coefficient (Wildman–Crippen LogP) is 1.11. The van der Waals surface area contributed by atoms with Gasteiger partial charge in [0, 0.05) is 12.6 Å². The Bertz CT molecular complexity index is 305. The van der Waals surface area contributed by atoms with Crippen LogP contribution < -0.4 is 5.73 Å². The molecular weight excluding hydrogens is 220 g/mol. The van der Waals surface area contributed by atoms with Crippen molar-refractivity contribution in [3.05, 3.63) is 0 Å². The number of rotatable bonds is 0. The van der Waals surface area contributed by atoms with E-state index in [1.54, 1.807) is 4.90 Å². The molecule has 5 heteroatoms. The summed E-state index contributed by atoms with van der Waals surface area (Å²) in [7, 11) is 0. The van der Waals surface area contributed by atoms with Gasteiger partial charge >= 0.3 is 6.09 Å². The van der Waals surface area contributed by atoms with E-state index in [1.165, 1.54) is 0 Å². The van der Waals surface area contributed by atoms with Crippen LogP contribution in [0.2, 0.25) is 0 Å². The molecule has 2 fully saturated rings. The lowest BCUT2D eigenvalue weighted by Gasteiger charge is -2.54. The first-order valence-electron chi connectivity index (χ1n) is 6.20. The van der Waals surface area contributed by atoms with Gasteiger partial charge in [-0.3, -0.25) is 0 Å². The number of hydrogen-bond donors (Lipinski definition) is 1. The average Bonchev–Trinajstić information content (AvgIpc) is 2.12. The third-order valence-corrected chi connectivity index (χ3v) is 3.29. The quantitative estimate of drug-likeness (QED) is 0.691. The topological polar surface area (TPSA) is 64.8 Å². The largest absolute Gasteiger partial charge is 0.444 e. The minimum absolute atomic E-state index is 0.0370. The van der Waals surface area contributed by atoms with Crippen molar-refractivity contribution in [2.24, 2.45) is 5.73 Å². The van der Waals surface area contributed by atoms with Gasteiger partial charge in [0.1, 0.15) is 11.2 Å². The first kappa shape index (κ1) is 12.6. The minimum atomic E-state index is -0.449. The smallest absolute Gasteiger partial charge is 0.410 e. The Labute approximate surface area is 102 Å². The average molecular weight is 242 g/mol. The second-order valence-electron chi connectivity index (χ2n) is 6.00. The second-order valence-corrected chi connectivity index (χ2v) is 6.00. The number of amides is 1. The van der Waals surface area contributed by atoms with Crippen molar-refractivity contribution in [1.82, 2.24) is 4.90 Å². The Hall–Kier alpha value is -0.810. The van der Waals surface area contributed by atoms with Crippen LogP contribution in [0.15, 0.2) is 0 Å². The summed E-state index contributed by atoms with van der Waals surface area (Å²) in [5, 5.41) is 0. The molecule has 2 N–H and O–H groups in total. The molecule has 0 aromatic carbocycles. The van der Waals surface area contributed by atoms with E-state index in [0.717, 1.165) is 19.4 Å². The molecule has 0 aromatic heterocycles. The van der Waals surface area contributed by atoms with Crippen LogP contribution in [0.4, 0.5) is 4.79 Å². The molecule has 0 saturated carbocycles. The van der Waals surface area contributed by atoms with Gasteiger partial charge in [0.25, 0.3) is 0 Å². The summed E-state index contributed by atoms with van der Waals surface area (Å²) in [6.07, 6.45) is 1.71. The van der Waals surface area contributed by atoms with Crippen molar-refractivity contribution in [3.8, 4) is 0 Å². The van der Waals surface area contributed by atoms with Crippen LogP contribution in [0.5, 0.6) is 0 Å². The number of carbonyl (C=O) groups is 1. The van der Waals surface area contributed by atoms with E-state index in [-0.39, 0.29) is 17.7 Å². The van der Waals surface area contributed by atoms with Crippen LogP contribution in [0, 0.1) is 0 Å². The Morgan fingerprint density at radius 3 is 2.65 bits per heavy atom. The maximum absolute atomic E-state index is 11.8. The van der Waals surface area contributed by atoms with E-state index in [0.29, 0.717) is 13.1 Å². The lowest BCUT2D eigenvalue weighted by molar-refractivity contribution is -0.170. The van der Waals surface area contributed by atoms with Gasteiger partial charge in [0.2, 0.25) is 0 Å². The van der Waals surface area contributed by atoms with Crippen molar-refractivity contribution in [2.75, 3.05) is 19.7 Å². The lowest BCUT2D eigenvalue weighted by atomic mass is 9.82. The van der Waals surface area contributed by atoms with Crippen molar-refractivity contribution in [1.29, 1.82) is 0 Å². The number of carbonyl (C=O) groups excluding carboxylic acids is 1. The first-order chi connectivity index (χ1) is 7.82. The molecule has 1 unspecified atom stereocenters. The first-order valence-corrected chi connectivity index (χ1v) is 6.20. The highest BCUT2D eigenvalue weighted by molar-refractivity contribution is 5.69. The zero-order chi connectivity index (χ0) is 12.7. The molecule has 5 nitrogen and oxygen atoms in total. The molecule has 2 aliphatic heterocycles. The van der Waals surface area contributed by atoms with Crippen LogP contribution >= 0.6 is 0 Å². The van der Waals surface area contributed by atoms with Crippen molar-refractivity contribution >= 4 is 6.09 Å². The molecule has 1 atom stereocenters. The van der Waals surface area contributed by atoms with Crippen LogP contribution in [-0.2, 0) is 9.47 Å². The van der Waals surface area contributed by atoms with Gasteiger partial charge in [-0.1, -0.05) is 0 Å². The number of ether oxygens (including phenoxy) is 2. The third-order valence-electron chi connectivity index (χ3n) is 3.29. The van der Waals surface area contributed by atoms with Gasteiger partial charge in [-0.2, -0.15) is 0 Å². The highest BCUT2D eigenvalue weighted by Gasteiger charge is 2.52. The molecule has 2 saturated heterocycles. The van der Waals surface area contributed by atoms with Gasteiger partial charge in [-0.15, -0.1) is 0 Å². The van der Waals surface area contributed by atoms with Gasteiger partial charge in [0.15, 0.2) is 0 Å². The van der Waals surface area contributed by atoms with Crippen molar-refractivity contribution in [3.63, 3.8) is 0 Å². The summed E-state index contributed by atoms with van der Waals surface area (Å²) >= 11 is 0. The fraction of sp³-hybridized carbons (Fsp3) is 0.917. The summed E-state index contributed by atoms with van der Waals surface area (Å²) in [5.74, 6) is 0. The highest BCUT2D eigenvalue weighted by atomic mass is 16.6. The van der Waals surface area contributed by atoms with E-state index >= 15 is 0 Å². The summed E-state index contributed by atoms with van der Waals surface area (Å²) in [5.41, 5.74) is 5.30. The van der Waals surface area contributed by atoms with Crippen molar-refractivity contribution < 1.29 is 14.3 Å². The van der Waals surface area contributed by atoms with E-state index in [9.17, 15) is 4.79 Å². The van der Waals surface area contributed by atoms with E-state index in [1.807, 2.05) is 20.8 Å². The van der Waals surface area contributed by atoms with Crippen molar-refractivity contribution in [2.45, 2.75) is 50.9 Å². The zero-order valence-corrected chi connectivity index (χ0v) is 10.9. The molecule has 0 radical (unpaired) electrons. The Balaban J connectivity index is 1.87. The Kier molecular flexibility index (Phi) is 3.08. The summed E-state index contributed by atoms with van der Waals surface area (Å²) in [4.78, 5) is 13.4. The molecule has 2 aliphatic rings. The van der Waals surface area contributed by atoms with Crippen LogP contribution in [-0.4, -0.2) is 47.9 Å². The third kappa shape index (κ3) is 2.55. The van der Waals surface area contributed by atoms with Gasteiger partial charge in [0.05, 0.1) is 13.1 Å². The number of nitrogens with two attached hydrogens (primary N) is 1. The highest BCUT2D eigenvalue weighted by Crippen LogP contribution is 2.34. The molecule has 0 aromatic rings. The maximum atomic E-state index is 11.8. The van der Waals surface area contributed by atoms with Crippen LogP contribution in [0.1, 0.15) is 33.6 Å². The molecule has 98 valence electrons. The summed E-state index contributed by atoms with van der Waals surface area (Å²) in [6.45, 7) is 7.46. The second kappa shape index (κ2) is 4.14. The van der Waals surface area contributed by atoms with Gasteiger partial charge in [-0.25, -0.2) is 4.79 Å². The molecule has 0 bridgehead atoms. The Morgan fingerprint density at radius 1 is 1.47 bits per heavy atom. The Morgan fingerprint density at radius 2 is 2.12 bits per heavy atom. The van der Waals surface area contributed by atoms with Crippen LogP contribution in [0.25, 0.3) is 0 Å². The van der Waals surface area contributed by atoms with E-state index in [2.05, 4.69) is 0 Å². The number of hydrogen-bond acceptors (Lipinski definition) is 4. The normalized spacial score (nSPS) is 27.8. The molecule has 0 aliphatic carbocycles. The van der Waals surface area contributed by atoms with Gasteiger partial charge in [-0.05, 0) is 33.6 Å². The molecular formula is C12H22N2O3. The number of nitrogens with zero attached hydrogens (tertiary/aromatic N) is 1. The van der Waals surface area contributed by atoms with Crippen LogP contribution in [0.3, 0.4) is 0 Å². The molecule has 17 heavy (non-hydrogen) atoms. The maximum Gasteiger partial charge on any atom is 0.410 e. The monoisotopic (exact) mass is 242 g/mol. The number of likely N-dealkylation sites (tertiary alicyclic amines) is 1. The lowest BCUT2D eigenvalue weighted by Crippen LogP contribution is -2.73. The fourth-order valence-electron chi connectivity index (χ4n) is 2.33. The fourth-order valence-corrected chi connectivity index (χ4v) is 2.33. The molecule has 2 rings (SSSR count). The SMILES string of the molecule is CC(C)(C)OC(=O)N1CC2(C1)OCCCC2N. The van der Waals surface area contributed by atoms with E-state index in [4.69, 9.17) is 15.2 Å². The summed E-state index contributed by atoms with van der Waals surface area (Å²) in [6, 6.07) is 0.0370. The zero-order valence-electron chi connectivity index (χ0n) is 10.9. The minimum Gasteiger partial charge on any atom is -0.444 e. The molecule has 2 heterocycles. The molecule has 1 spiro atoms. The molecule has 1 amide bonds. The summed E-state index contributed by atoms with van der Waals surface area (Å²) < 4.78 is 11.1. The van der Waals surface area contributed by atoms with E-state index < -0.39 is 5.60 Å². The standard InChI is InChI=1S/C12H22N2O3/c1-11(2,3)17-10(15)14-7-12(8-14)9(13)5-4-6-16-12/h9H,4-8,13H2,1-3H3. The van der Waals surface area contributed by atoms with Gasteiger partial charge < -0.3 is 20.1 Å². The predicted molar refractivity (Wildman–Crippen MR) is 63.7 cm³/mol.